The Kier molecular flexibility index (Phi) is 3.12. The normalized spacial score (nSPS) is 15.9. The lowest BCUT2D eigenvalue weighted by Gasteiger charge is -2.12. The summed E-state index contributed by atoms with van der Waals surface area (Å²) in [7, 11) is 3.44. The molecule has 0 unspecified atom stereocenters. The molecule has 1 aromatic carbocycles. The Bertz CT molecular complexity index is 705. The van der Waals surface area contributed by atoms with Crippen molar-refractivity contribution in [3.8, 4) is 0 Å². The van der Waals surface area contributed by atoms with Gasteiger partial charge < -0.3 is 9.88 Å². The molecule has 0 bridgehead atoms. The minimum absolute atomic E-state index is 0.0543. The molecule has 1 aliphatic rings. The highest BCUT2D eigenvalue weighted by molar-refractivity contribution is 5.97. The van der Waals surface area contributed by atoms with E-state index in [0.29, 0.717) is 11.6 Å². The predicted octanol–water partition coefficient (Wildman–Crippen LogP) is 2.15. The molecule has 0 radical (unpaired) electrons. The van der Waals surface area contributed by atoms with Gasteiger partial charge in [0.1, 0.15) is 0 Å². The van der Waals surface area contributed by atoms with Crippen LogP contribution in [0.4, 0.5) is 0 Å². The number of fused-ring (bicyclic) bond motifs is 1. The van der Waals surface area contributed by atoms with Crippen LogP contribution in [0.15, 0.2) is 23.0 Å². The fourth-order valence-corrected chi connectivity index (χ4v) is 3.05. The fourth-order valence-electron chi connectivity index (χ4n) is 3.05. The highest BCUT2D eigenvalue weighted by Gasteiger charge is 2.21. The maximum Gasteiger partial charge on any atom is 0.326 e. The Balaban J connectivity index is 2.09. The van der Waals surface area contributed by atoms with Gasteiger partial charge in [0, 0.05) is 25.7 Å². The third kappa shape index (κ3) is 2.03. The van der Waals surface area contributed by atoms with Gasteiger partial charge in [0.2, 0.25) is 0 Å². The first-order valence-corrected chi connectivity index (χ1v) is 7.04. The van der Waals surface area contributed by atoms with Gasteiger partial charge in [-0.2, -0.15) is 0 Å². The van der Waals surface area contributed by atoms with Crippen molar-refractivity contribution in [2.75, 3.05) is 14.1 Å². The summed E-state index contributed by atoms with van der Waals surface area (Å²) in [5, 5.41) is 0. The molecule has 2 aromatic rings. The van der Waals surface area contributed by atoms with E-state index >= 15 is 0 Å². The van der Waals surface area contributed by atoms with E-state index in [1.54, 1.807) is 26.2 Å². The van der Waals surface area contributed by atoms with Crippen LogP contribution in [-0.4, -0.2) is 34.5 Å². The summed E-state index contributed by atoms with van der Waals surface area (Å²) in [6.45, 7) is 0. The molecular formula is C15H19N3O2. The molecule has 0 aliphatic heterocycles. The van der Waals surface area contributed by atoms with E-state index in [0.717, 1.165) is 23.9 Å². The second kappa shape index (κ2) is 4.81. The molecule has 1 heterocycles. The van der Waals surface area contributed by atoms with Crippen molar-refractivity contribution in [3.05, 3.63) is 34.2 Å². The molecule has 0 atom stereocenters. The van der Waals surface area contributed by atoms with Gasteiger partial charge in [-0.25, -0.2) is 4.79 Å². The molecule has 1 fully saturated rings. The Morgan fingerprint density at radius 2 is 2.00 bits per heavy atom. The first-order valence-electron chi connectivity index (χ1n) is 7.04. The lowest BCUT2D eigenvalue weighted by Crippen LogP contribution is -2.21. The zero-order chi connectivity index (χ0) is 14.3. The van der Waals surface area contributed by atoms with Crippen LogP contribution in [0.2, 0.25) is 0 Å². The Morgan fingerprint density at radius 1 is 1.30 bits per heavy atom. The van der Waals surface area contributed by atoms with E-state index in [-0.39, 0.29) is 11.6 Å². The maximum absolute atomic E-state index is 12.2. The third-order valence-electron chi connectivity index (χ3n) is 4.06. The summed E-state index contributed by atoms with van der Waals surface area (Å²) in [6.07, 6.45) is 4.48. The molecule has 1 amide bonds. The first kappa shape index (κ1) is 13.0. The van der Waals surface area contributed by atoms with E-state index in [4.69, 9.17) is 0 Å². The molecule has 20 heavy (non-hydrogen) atoms. The van der Waals surface area contributed by atoms with Gasteiger partial charge in [-0.3, -0.25) is 9.36 Å². The molecule has 5 nitrogen and oxygen atoms in total. The van der Waals surface area contributed by atoms with Crippen molar-refractivity contribution < 1.29 is 4.79 Å². The average Bonchev–Trinajstić information content (AvgIpc) is 3.02. The molecule has 1 saturated carbocycles. The molecule has 1 N–H and O–H groups in total. The SMILES string of the molecule is CN(C)C(=O)c1ccc2c(c1)[nH]c(=O)n2C1CCCC1. The number of carbonyl (C=O) groups excluding carboxylic acids is 1. The molecular weight excluding hydrogens is 254 g/mol. The lowest BCUT2D eigenvalue weighted by atomic mass is 10.1. The molecule has 1 aliphatic carbocycles. The van der Waals surface area contributed by atoms with Crippen LogP contribution in [0, 0.1) is 0 Å². The number of imidazole rings is 1. The van der Waals surface area contributed by atoms with E-state index in [1.807, 2.05) is 10.6 Å². The zero-order valence-electron chi connectivity index (χ0n) is 11.8. The van der Waals surface area contributed by atoms with E-state index in [2.05, 4.69) is 4.98 Å². The molecule has 0 spiro atoms. The molecule has 0 saturated heterocycles. The molecule has 106 valence electrons. The number of nitrogens with one attached hydrogen (secondary N) is 1. The number of nitrogens with zero attached hydrogens (tertiary/aromatic N) is 2. The summed E-state index contributed by atoms with van der Waals surface area (Å²) in [4.78, 5) is 28.5. The standard InChI is InChI=1S/C15H19N3O2/c1-17(2)14(19)10-7-8-13-12(9-10)16-15(20)18(13)11-5-3-4-6-11/h7-9,11H,3-6H2,1-2H3,(H,16,20). The van der Waals surface area contributed by atoms with Crippen LogP contribution in [0.25, 0.3) is 11.0 Å². The predicted molar refractivity (Wildman–Crippen MR) is 78.1 cm³/mol. The first-order chi connectivity index (χ1) is 9.58. The van der Waals surface area contributed by atoms with Crippen LogP contribution in [0.1, 0.15) is 42.1 Å². The average molecular weight is 273 g/mol. The Hall–Kier alpha value is -2.04. The van der Waals surface area contributed by atoms with Crippen LogP contribution in [0.3, 0.4) is 0 Å². The number of hydrogen-bond donors (Lipinski definition) is 1. The number of benzene rings is 1. The number of aromatic nitrogens is 2. The van der Waals surface area contributed by atoms with Gasteiger partial charge in [-0.15, -0.1) is 0 Å². The number of aromatic amines is 1. The van der Waals surface area contributed by atoms with Crippen molar-refractivity contribution in [1.29, 1.82) is 0 Å². The smallest absolute Gasteiger partial charge is 0.326 e. The number of amides is 1. The number of H-pyrrole nitrogens is 1. The number of carbonyl (C=O) groups is 1. The largest absolute Gasteiger partial charge is 0.345 e. The fraction of sp³-hybridized carbons (Fsp3) is 0.467. The molecule has 3 rings (SSSR count). The van der Waals surface area contributed by atoms with Gasteiger partial charge in [0.15, 0.2) is 0 Å². The Labute approximate surface area is 117 Å². The van der Waals surface area contributed by atoms with Crippen molar-refractivity contribution in [2.24, 2.45) is 0 Å². The summed E-state index contributed by atoms with van der Waals surface area (Å²) in [5.41, 5.74) is 2.18. The van der Waals surface area contributed by atoms with Crippen LogP contribution in [-0.2, 0) is 0 Å². The number of rotatable bonds is 2. The zero-order valence-corrected chi connectivity index (χ0v) is 11.8. The topological polar surface area (TPSA) is 58.1 Å². The minimum atomic E-state index is -0.0682. The van der Waals surface area contributed by atoms with E-state index < -0.39 is 0 Å². The molecule has 5 heteroatoms. The third-order valence-corrected chi connectivity index (χ3v) is 4.06. The summed E-state index contributed by atoms with van der Waals surface area (Å²) in [6, 6.07) is 5.74. The minimum Gasteiger partial charge on any atom is -0.345 e. The van der Waals surface area contributed by atoms with Crippen LogP contribution in [0.5, 0.6) is 0 Å². The van der Waals surface area contributed by atoms with Crippen molar-refractivity contribution in [2.45, 2.75) is 31.7 Å². The van der Waals surface area contributed by atoms with E-state index in [1.165, 1.54) is 17.7 Å². The highest BCUT2D eigenvalue weighted by Crippen LogP contribution is 2.30. The lowest BCUT2D eigenvalue weighted by molar-refractivity contribution is 0.0828. The second-order valence-corrected chi connectivity index (χ2v) is 5.67. The maximum atomic E-state index is 12.2. The van der Waals surface area contributed by atoms with Gasteiger partial charge in [-0.05, 0) is 31.0 Å². The van der Waals surface area contributed by atoms with Gasteiger partial charge in [0.25, 0.3) is 5.91 Å². The highest BCUT2D eigenvalue weighted by atomic mass is 16.2. The van der Waals surface area contributed by atoms with Crippen molar-refractivity contribution >= 4 is 16.9 Å². The summed E-state index contributed by atoms with van der Waals surface area (Å²) in [5.74, 6) is -0.0543. The summed E-state index contributed by atoms with van der Waals surface area (Å²) < 4.78 is 1.85. The van der Waals surface area contributed by atoms with Crippen LogP contribution >= 0.6 is 0 Å². The van der Waals surface area contributed by atoms with E-state index in [9.17, 15) is 9.59 Å². The summed E-state index contributed by atoms with van der Waals surface area (Å²) >= 11 is 0. The quantitative estimate of drug-likeness (QED) is 0.911. The van der Waals surface area contributed by atoms with Crippen molar-refractivity contribution in [1.82, 2.24) is 14.5 Å². The van der Waals surface area contributed by atoms with Crippen LogP contribution < -0.4 is 5.69 Å². The van der Waals surface area contributed by atoms with Crippen molar-refractivity contribution in [3.63, 3.8) is 0 Å². The molecule has 1 aromatic heterocycles. The van der Waals surface area contributed by atoms with Gasteiger partial charge >= 0.3 is 5.69 Å². The second-order valence-electron chi connectivity index (χ2n) is 5.67. The Morgan fingerprint density at radius 3 is 2.65 bits per heavy atom. The van der Waals surface area contributed by atoms with Gasteiger partial charge in [-0.1, -0.05) is 12.8 Å². The number of hydrogen-bond acceptors (Lipinski definition) is 2. The van der Waals surface area contributed by atoms with Gasteiger partial charge in [0.05, 0.1) is 11.0 Å². The monoisotopic (exact) mass is 273 g/mol.